The fourth-order valence-corrected chi connectivity index (χ4v) is 8.06. The SMILES string of the molecule is C#Cc1c(F)ccc2cc(O)cc(-c3ncc4c(N5CCN(C(=O)C(F)=Cc6ncccn6)C[C@@H]5C)nc(OC[C@@]56CCCN5C[C@H](F)C6)nc4c3F)c12. The van der Waals surface area contributed by atoms with Gasteiger partial charge in [-0.15, -0.1) is 6.42 Å². The molecule has 3 atom stereocenters. The van der Waals surface area contributed by atoms with Gasteiger partial charge in [-0.3, -0.25) is 14.7 Å². The lowest BCUT2D eigenvalue weighted by Gasteiger charge is -2.40. The Morgan fingerprint density at radius 2 is 1.94 bits per heavy atom. The first-order valence-electron chi connectivity index (χ1n) is 17.6. The van der Waals surface area contributed by atoms with E-state index >= 15 is 8.78 Å². The molecule has 0 unspecified atom stereocenters. The molecular formula is C39H34F4N8O3. The zero-order valence-corrected chi connectivity index (χ0v) is 29.1. The summed E-state index contributed by atoms with van der Waals surface area (Å²) in [6.45, 7) is 3.32. The Labute approximate surface area is 307 Å². The number of pyridine rings is 1. The Bertz CT molecular complexity index is 2370. The average molecular weight is 739 g/mol. The van der Waals surface area contributed by atoms with Crippen molar-refractivity contribution in [3.05, 3.63) is 77.8 Å². The number of fused-ring (bicyclic) bond motifs is 3. The van der Waals surface area contributed by atoms with Crippen LogP contribution in [0.15, 0.2) is 54.7 Å². The second-order valence-electron chi connectivity index (χ2n) is 13.9. The van der Waals surface area contributed by atoms with Gasteiger partial charge in [0, 0.05) is 74.3 Å². The van der Waals surface area contributed by atoms with Crippen LogP contribution in [-0.2, 0) is 4.79 Å². The predicted octanol–water partition coefficient (Wildman–Crippen LogP) is 5.60. The molecule has 8 rings (SSSR count). The zero-order valence-electron chi connectivity index (χ0n) is 29.1. The number of anilines is 1. The number of aromatic nitrogens is 5. The third-order valence-corrected chi connectivity index (χ3v) is 10.6. The average Bonchev–Trinajstić information content (AvgIpc) is 3.69. The molecule has 1 amide bonds. The maximum Gasteiger partial charge on any atom is 0.319 e. The Hall–Kier alpha value is -5.88. The number of phenols is 1. The molecule has 2 aromatic carbocycles. The Kier molecular flexibility index (Phi) is 9.01. The summed E-state index contributed by atoms with van der Waals surface area (Å²) in [5, 5.41) is 11.4. The molecule has 0 radical (unpaired) electrons. The van der Waals surface area contributed by atoms with Gasteiger partial charge in [0.25, 0.3) is 5.91 Å². The number of halogens is 4. The first kappa shape index (κ1) is 35.2. The number of carbonyl (C=O) groups excluding carboxylic acids is 1. The van der Waals surface area contributed by atoms with Crippen LogP contribution in [0.1, 0.15) is 37.6 Å². The van der Waals surface area contributed by atoms with Gasteiger partial charge in [-0.25, -0.2) is 27.5 Å². The molecule has 5 aromatic rings. The highest BCUT2D eigenvalue weighted by atomic mass is 19.1. The number of hydrogen-bond donors (Lipinski definition) is 1. The summed E-state index contributed by atoms with van der Waals surface area (Å²) in [6.07, 6.45) is 11.8. The fraction of sp³-hybridized carbons (Fsp3) is 0.333. The Morgan fingerprint density at radius 1 is 1.13 bits per heavy atom. The fourth-order valence-electron chi connectivity index (χ4n) is 8.06. The smallest absolute Gasteiger partial charge is 0.319 e. The number of benzene rings is 2. The van der Waals surface area contributed by atoms with Crippen LogP contribution in [0.5, 0.6) is 11.8 Å². The summed E-state index contributed by atoms with van der Waals surface area (Å²) in [7, 11) is 0. The zero-order chi connectivity index (χ0) is 37.7. The quantitative estimate of drug-likeness (QED) is 0.128. The number of rotatable bonds is 7. The van der Waals surface area contributed by atoms with Crippen LogP contribution in [0.2, 0.25) is 0 Å². The number of aromatic hydroxyl groups is 1. The molecular weight excluding hydrogens is 704 g/mol. The molecule has 0 spiro atoms. The lowest BCUT2D eigenvalue weighted by molar-refractivity contribution is -0.129. The van der Waals surface area contributed by atoms with Crippen molar-refractivity contribution >= 4 is 39.5 Å². The van der Waals surface area contributed by atoms with E-state index < -0.39 is 41.1 Å². The van der Waals surface area contributed by atoms with Gasteiger partial charge in [0.05, 0.1) is 16.5 Å². The molecule has 3 aromatic heterocycles. The number of hydrogen-bond acceptors (Lipinski definition) is 10. The van der Waals surface area contributed by atoms with Gasteiger partial charge < -0.3 is 19.6 Å². The molecule has 6 heterocycles. The van der Waals surface area contributed by atoms with Gasteiger partial charge in [0.1, 0.15) is 41.4 Å². The van der Waals surface area contributed by atoms with Crippen molar-refractivity contribution in [3.63, 3.8) is 0 Å². The minimum atomic E-state index is -1.01. The Morgan fingerprint density at radius 3 is 2.72 bits per heavy atom. The molecule has 276 valence electrons. The van der Waals surface area contributed by atoms with Gasteiger partial charge in [0.2, 0.25) is 0 Å². The monoisotopic (exact) mass is 738 g/mol. The standard InChI is InChI=1S/C39H34F4N8O3/c1-3-26-29(41)7-6-23-14-25(52)15-27(32(23)26)34-33(43)35-28(18-46-34)36(48-38(47-35)54-21-39-8-4-11-50(39)20-24(40)17-39)51-13-12-49(19-22(51)2)37(53)30(42)16-31-44-9-5-10-45-31/h1,5-7,9-10,14-16,18,22,24,52H,4,8,11-13,17,19-21H2,2H3/t22-,24+,39-/m0/s1. The maximum absolute atomic E-state index is 17.0. The van der Waals surface area contributed by atoms with Gasteiger partial charge in [0.15, 0.2) is 17.5 Å². The van der Waals surface area contributed by atoms with E-state index in [9.17, 15) is 18.7 Å². The lowest BCUT2D eigenvalue weighted by atomic mass is 9.95. The number of terminal acetylenes is 1. The van der Waals surface area contributed by atoms with Gasteiger partial charge in [-0.05, 0) is 56.0 Å². The van der Waals surface area contributed by atoms with Crippen LogP contribution in [0.25, 0.3) is 39.0 Å². The molecule has 0 aliphatic carbocycles. The van der Waals surface area contributed by atoms with E-state index in [2.05, 4.69) is 30.8 Å². The van der Waals surface area contributed by atoms with E-state index in [1.165, 1.54) is 47.8 Å². The van der Waals surface area contributed by atoms with Crippen LogP contribution in [0.4, 0.5) is 23.4 Å². The minimum absolute atomic E-state index is 0.0522. The van der Waals surface area contributed by atoms with Crippen molar-refractivity contribution < 1.29 is 32.2 Å². The summed E-state index contributed by atoms with van der Waals surface area (Å²) in [6, 6.07) is 6.23. The maximum atomic E-state index is 17.0. The molecule has 0 bridgehead atoms. The molecule has 3 aliphatic rings. The normalized spacial score (nSPS) is 21.8. The number of alkyl halides is 1. The molecule has 1 N–H and O–H groups in total. The Balaban J connectivity index is 1.19. The molecule has 15 heteroatoms. The largest absolute Gasteiger partial charge is 0.508 e. The van der Waals surface area contributed by atoms with Crippen molar-refractivity contribution in [2.45, 2.75) is 43.9 Å². The highest BCUT2D eigenvalue weighted by Crippen LogP contribution is 2.42. The van der Waals surface area contributed by atoms with Crippen molar-refractivity contribution in [3.8, 4) is 35.4 Å². The van der Waals surface area contributed by atoms with Crippen LogP contribution in [-0.4, -0.2) is 103 Å². The highest BCUT2D eigenvalue weighted by molar-refractivity contribution is 6.03. The van der Waals surface area contributed by atoms with Gasteiger partial charge >= 0.3 is 6.01 Å². The summed E-state index contributed by atoms with van der Waals surface area (Å²) in [5.41, 5.74) is -1.03. The van der Waals surface area contributed by atoms with E-state index in [1.807, 2.05) is 11.8 Å². The van der Waals surface area contributed by atoms with Crippen molar-refractivity contribution in [1.82, 2.24) is 34.7 Å². The van der Waals surface area contributed by atoms with Crippen LogP contribution >= 0.6 is 0 Å². The number of piperazine rings is 1. The van der Waals surface area contributed by atoms with E-state index in [-0.39, 0.29) is 82.8 Å². The van der Waals surface area contributed by atoms with Crippen LogP contribution in [0.3, 0.4) is 0 Å². The van der Waals surface area contributed by atoms with E-state index in [0.29, 0.717) is 18.4 Å². The third-order valence-electron chi connectivity index (χ3n) is 10.6. The van der Waals surface area contributed by atoms with Crippen molar-refractivity contribution in [2.75, 3.05) is 44.2 Å². The molecule has 54 heavy (non-hydrogen) atoms. The number of nitrogens with zero attached hydrogens (tertiary/aromatic N) is 8. The number of ether oxygens (including phenoxy) is 1. The van der Waals surface area contributed by atoms with Crippen molar-refractivity contribution in [1.29, 1.82) is 0 Å². The molecule has 3 fully saturated rings. The van der Waals surface area contributed by atoms with Crippen molar-refractivity contribution in [2.24, 2.45) is 0 Å². The minimum Gasteiger partial charge on any atom is -0.508 e. The second kappa shape index (κ2) is 13.8. The topological polar surface area (TPSA) is 121 Å². The molecule has 3 aliphatic heterocycles. The van der Waals surface area contributed by atoms with Gasteiger partial charge in [-0.2, -0.15) is 9.97 Å². The highest BCUT2D eigenvalue weighted by Gasteiger charge is 2.49. The molecule has 3 saturated heterocycles. The first-order chi connectivity index (χ1) is 26.0. The summed E-state index contributed by atoms with van der Waals surface area (Å²) < 4.78 is 67.8. The van der Waals surface area contributed by atoms with E-state index in [4.69, 9.17) is 16.1 Å². The summed E-state index contributed by atoms with van der Waals surface area (Å²) in [5.74, 6) is -1.00. The van der Waals surface area contributed by atoms with E-state index in [0.717, 1.165) is 25.5 Å². The second-order valence-corrected chi connectivity index (χ2v) is 13.9. The molecule has 0 saturated carbocycles. The summed E-state index contributed by atoms with van der Waals surface area (Å²) >= 11 is 0. The van der Waals surface area contributed by atoms with Gasteiger partial charge in [-0.1, -0.05) is 12.0 Å². The number of amides is 1. The van der Waals surface area contributed by atoms with Crippen LogP contribution < -0.4 is 9.64 Å². The molecule has 11 nitrogen and oxygen atoms in total. The summed E-state index contributed by atoms with van der Waals surface area (Å²) in [4.78, 5) is 39.9. The van der Waals surface area contributed by atoms with E-state index in [1.54, 1.807) is 6.07 Å². The van der Waals surface area contributed by atoms with Crippen LogP contribution in [0, 0.1) is 24.0 Å². The lowest BCUT2D eigenvalue weighted by Crippen LogP contribution is -2.54. The number of carbonyl (C=O) groups is 1. The third kappa shape index (κ3) is 6.19. The number of phenolic OH excluding ortho intramolecular Hbond substituents is 1. The predicted molar refractivity (Wildman–Crippen MR) is 193 cm³/mol. The first-order valence-corrected chi connectivity index (χ1v) is 17.6.